The Bertz CT molecular complexity index is 685. The Labute approximate surface area is 108 Å². The first-order valence-electron chi connectivity index (χ1n) is 5.36. The highest BCUT2D eigenvalue weighted by atomic mass is 32.2. The van der Waals surface area contributed by atoms with Gasteiger partial charge in [-0.05, 0) is 36.4 Å². The number of rotatable bonds is 2. The van der Waals surface area contributed by atoms with E-state index >= 15 is 0 Å². The van der Waals surface area contributed by atoms with Crippen LogP contribution in [0.4, 0.5) is 0 Å². The maximum absolute atomic E-state index is 9.22. The number of fused-ring (bicyclic) bond motifs is 1. The van der Waals surface area contributed by atoms with Gasteiger partial charge in [0.15, 0.2) is 5.65 Å². The van der Waals surface area contributed by atoms with Crippen molar-refractivity contribution in [2.75, 3.05) is 0 Å². The zero-order chi connectivity index (χ0) is 12.4. The third kappa shape index (κ3) is 2.26. The number of aromatic nitrogens is 3. The van der Waals surface area contributed by atoms with E-state index in [-0.39, 0.29) is 5.75 Å². The van der Waals surface area contributed by atoms with Gasteiger partial charge in [-0.1, -0.05) is 11.8 Å². The number of benzene rings is 1. The summed E-state index contributed by atoms with van der Waals surface area (Å²) < 4.78 is 0. The summed E-state index contributed by atoms with van der Waals surface area (Å²) >= 11 is 1.52. The van der Waals surface area contributed by atoms with Crippen molar-refractivity contribution in [3.63, 3.8) is 0 Å². The Morgan fingerprint density at radius 1 is 0.889 bits per heavy atom. The van der Waals surface area contributed by atoms with Gasteiger partial charge >= 0.3 is 0 Å². The fourth-order valence-electron chi connectivity index (χ4n) is 1.53. The van der Waals surface area contributed by atoms with Gasteiger partial charge in [-0.15, -0.1) is 0 Å². The molecule has 0 spiro atoms. The molecule has 3 aromatic rings. The lowest BCUT2D eigenvalue weighted by molar-refractivity contribution is 0.475. The van der Waals surface area contributed by atoms with Crippen LogP contribution in [0.2, 0.25) is 0 Å². The first kappa shape index (κ1) is 11.0. The van der Waals surface area contributed by atoms with E-state index in [4.69, 9.17) is 0 Å². The minimum Gasteiger partial charge on any atom is -0.508 e. The fourth-order valence-corrected chi connectivity index (χ4v) is 2.31. The lowest BCUT2D eigenvalue weighted by atomic mass is 10.3. The van der Waals surface area contributed by atoms with E-state index < -0.39 is 0 Å². The Kier molecular flexibility index (Phi) is 2.82. The van der Waals surface area contributed by atoms with E-state index in [0.717, 1.165) is 15.4 Å². The molecule has 0 aliphatic carbocycles. The molecule has 18 heavy (non-hydrogen) atoms. The first-order chi connectivity index (χ1) is 8.81. The average Bonchev–Trinajstić information content (AvgIpc) is 2.41. The topological polar surface area (TPSA) is 58.9 Å². The summed E-state index contributed by atoms with van der Waals surface area (Å²) in [7, 11) is 0. The zero-order valence-electron chi connectivity index (χ0n) is 9.32. The first-order valence-corrected chi connectivity index (χ1v) is 6.17. The summed E-state index contributed by atoms with van der Waals surface area (Å²) in [6.07, 6.45) is 3.28. The van der Waals surface area contributed by atoms with Crippen molar-refractivity contribution in [3.8, 4) is 5.75 Å². The summed E-state index contributed by atoms with van der Waals surface area (Å²) in [6, 6.07) is 10.8. The van der Waals surface area contributed by atoms with E-state index in [1.165, 1.54) is 11.8 Å². The molecule has 0 saturated heterocycles. The molecule has 5 heteroatoms. The molecule has 2 aromatic heterocycles. The highest BCUT2D eigenvalue weighted by Crippen LogP contribution is 2.27. The maximum Gasteiger partial charge on any atom is 0.179 e. The number of nitrogens with zero attached hydrogens (tertiary/aromatic N) is 3. The number of pyridine rings is 1. The molecule has 0 amide bonds. The molecule has 3 rings (SSSR count). The van der Waals surface area contributed by atoms with Gasteiger partial charge in [0.1, 0.15) is 16.3 Å². The van der Waals surface area contributed by atoms with Gasteiger partial charge in [-0.25, -0.2) is 9.97 Å². The highest BCUT2D eigenvalue weighted by molar-refractivity contribution is 7.99. The minimum absolute atomic E-state index is 0.261. The number of aromatic hydroxyl groups is 1. The Hall–Kier alpha value is -2.14. The summed E-state index contributed by atoms with van der Waals surface area (Å²) in [6.45, 7) is 0. The number of hydrogen-bond donors (Lipinski definition) is 1. The van der Waals surface area contributed by atoms with Gasteiger partial charge in [0.05, 0.1) is 0 Å². The van der Waals surface area contributed by atoms with Crippen LogP contribution in [-0.2, 0) is 0 Å². The van der Waals surface area contributed by atoms with Crippen molar-refractivity contribution in [1.29, 1.82) is 0 Å². The summed E-state index contributed by atoms with van der Waals surface area (Å²) in [4.78, 5) is 13.8. The molecule has 0 saturated carbocycles. The number of phenols is 1. The lowest BCUT2D eigenvalue weighted by Gasteiger charge is -2.02. The third-order valence-corrected chi connectivity index (χ3v) is 3.31. The number of phenolic OH excluding ortho intramolecular Hbond substituents is 1. The van der Waals surface area contributed by atoms with Gasteiger partial charge in [0, 0.05) is 17.3 Å². The van der Waals surface area contributed by atoms with E-state index in [1.54, 1.807) is 24.5 Å². The molecule has 2 heterocycles. The van der Waals surface area contributed by atoms with Crippen LogP contribution in [0.3, 0.4) is 0 Å². The molecule has 0 aliphatic rings. The van der Waals surface area contributed by atoms with Crippen LogP contribution in [0.1, 0.15) is 0 Å². The predicted molar refractivity (Wildman–Crippen MR) is 69.6 cm³/mol. The standard InChI is InChI=1S/C13H9N3OS/c17-9-1-3-10(4-2-9)18-12-6-5-11-13(16-12)15-8-7-14-11/h1-8,17H. The fraction of sp³-hybridized carbons (Fsp3) is 0. The molecular weight excluding hydrogens is 246 g/mol. The van der Waals surface area contributed by atoms with E-state index in [0.29, 0.717) is 5.65 Å². The average molecular weight is 255 g/mol. The van der Waals surface area contributed by atoms with Gasteiger partial charge in [-0.3, -0.25) is 4.98 Å². The van der Waals surface area contributed by atoms with Crippen LogP contribution >= 0.6 is 11.8 Å². The van der Waals surface area contributed by atoms with Gasteiger partial charge < -0.3 is 5.11 Å². The second-order valence-corrected chi connectivity index (χ2v) is 4.74. The molecular formula is C13H9N3OS. The Morgan fingerprint density at radius 3 is 2.50 bits per heavy atom. The van der Waals surface area contributed by atoms with Crippen LogP contribution in [0, 0.1) is 0 Å². The van der Waals surface area contributed by atoms with Crippen LogP contribution in [0.15, 0.2) is 58.7 Å². The molecule has 4 nitrogen and oxygen atoms in total. The van der Waals surface area contributed by atoms with E-state index in [1.807, 2.05) is 24.3 Å². The van der Waals surface area contributed by atoms with Gasteiger partial charge in [-0.2, -0.15) is 0 Å². The Balaban J connectivity index is 1.92. The van der Waals surface area contributed by atoms with Crippen LogP contribution < -0.4 is 0 Å². The van der Waals surface area contributed by atoms with Crippen molar-refractivity contribution in [1.82, 2.24) is 15.0 Å². The van der Waals surface area contributed by atoms with E-state index in [2.05, 4.69) is 15.0 Å². The monoisotopic (exact) mass is 255 g/mol. The predicted octanol–water partition coefficient (Wildman–Crippen LogP) is 2.88. The molecule has 1 N–H and O–H groups in total. The SMILES string of the molecule is Oc1ccc(Sc2ccc3nccnc3n2)cc1. The van der Waals surface area contributed by atoms with E-state index in [9.17, 15) is 5.11 Å². The van der Waals surface area contributed by atoms with Crippen molar-refractivity contribution in [2.45, 2.75) is 9.92 Å². The Morgan fingerprint density at radius 2 is 1.67 bits per heavy atom. The third-order valence-electron chi connectivity index (χ3n) is 2.37. The van der Waals surface area contributed by atoms with Gasteiger partial charge in [0.2, 0.25) is 0 Å². The zero-order valence-corrected chi connectivity index (χ0v) is 10.1. The summed E-state index contributed by atoms with van der Waals surface area (Å²) in [5, 5.41) is 10.1. The highest BCUT2D eigenvalue weighted by Gasteiger charge is 2.02. The quantitative estimate of drug-likeness (QED) is 0.763. The maximum atomic E-state index is 9.22. The molecule has 88 valence electrons. The molecule has 0 bridgehead atoms. The van der Waals surface area contributed by atoms with Crippen molar-refractivity contribution in [3.05, 3.63) is 48.8 Å². The van der Waals surface area contributed by atoms with Crippen LogP contribution in [-0.4, -0.2) is 20.1 Å². The molecule has 1 aromatic carbocycles. The summed E-state index contributed by atoms with van der Waals surface area (Å²) in [5.74, 6) is 0.261. The molecule has 0 radical (unpaired) electrons. The second-order valence-electron chi connectivity index (χ2n) is 3.64. The largest absolute Gasteiger partial charge is 0.508 e. The molecule has 0 aliphatic heterocycles. The normalized spacial score (nSPS) is 10.7. The lowest BCUT2D eigenvalue weighted by Crippen LogP contribution is -1.87. The molecule has 0 fully saturated rings. The van der Waals surface area contributed by atoms with Crippen LogP contribution in [0.25, 0.3) is 11.2 Å². The van der Waals surface area contributed by atoms with Gasteiger partial charge in [0.25, 0.3) is 0 Å². The molecule has 0 atom stereocenters. The molecule has 0 unspecified atom stereocenters. The van der Waals surface area contributed by atoms with Crippen molar-refractivity contribution in [2.24, 2.45) is 0 Å². The van der Waals surface area contributed by atoms with Crippen LogP contribution in [0.5, 0.6) is 5.75 Å². The summed E-state index contributed by atoms with van der Waals surface area (Å²) in [5.41, 5.74) is 1.42. The smallest absolute Gasteiger partial charge is 0.179 e. The number of hydrogen-bond acceptors (Lipinski definition) is 5. The van der Waals surface area contributed by atoms with Crippen molar-refractivity contribution >= 4 is 22.9 Å². The minimum atomic E-state index is 0.261. The van der Waals surface area contributed by atoms with Crippen molar-refractivity contribution < 1.29 is 5.11 Å². The second kappa shape index (κ2) is 4.62.